The van der Waals surface area contributed by atoms with Crippen molar-refractivity contribution in [1.82, 2.24) is 0 Å². The molecule has 0 aromatic rings. The van der Waals surface area contributed by atoms with Crippen molar-refractivity contribution >= 4 is 0 Å². The number of ether oxygens (including phenoxy) is 1. The van der Waals surface area contributed by atoms with Gasteiger partial charge in [-0.1, -0.05) is 20.8 Å². The van der Waals surface area contributed by atoms with E-state index in [1.54, 1.807) is 0 Å². The van der Waals surface area contributed by atoms with Crippen LogP contribution in [0.2, 0.25) is 0 Å². The van der Waals surface area contributed by atoms with Crippen LogP contribution in [-0.2, 0) is 4.74 Å². The van der Waals surface area contributed by atoms with E-state index in [9.17, 15) is 5.11 Å². The number of aliphatic hydroxyl groups excluding tert-OH is 1. The number of aliphatic hydroxyl groups is 1. The summed E-state index contributed by atoms with van der Waals surface area (Å²) in [6, 6.07) is 0. The molecule has 3 rings (SSSR count). The molecule has 1 heterocycles. The fraction of sp³-hybridized carbons (Fsp3) is 1.00. The van der Waals surface area contributed by atoms with E-state index in [2.05, 4.69) is 27.7 Å². The van der Waals surface area contributed by atoms with E-state index >= 15 is 0 Å². The molecule has 0 aromatic heterocycles. The van der Waals surface area contributed by atoms with Gasteiger partial charge in [0.2, 0.25) is 0 Å². The molecule has 0 bridgehead atoms. The van der Waals surface area contributed by atoms with Gasteiger partial charge < -0.3 is 9.84 Å². The van der Waals surface area contributed by atoms with E-state index in [-0.39, 0.29) is 17.1 Å². The molecule has 2 nitrogen and oxygen atoms in total. The molecule has 2 heteroatoms. The quantitative estimate of drug-likeness (QED) is 0.716. The predicted molar refractivity (Wildman–Crippen MR) is 72.3 cm³/mol. The van der Waals surface area contributed by atoms with Crippen molar-refractivity contribution in [3.8, 4) is 0 Å². The van der Waals surface area contributed by atoms with Crippen molar-refractivity contribution < 1.29 is 9.84 Å². The van der Waals surface area contributed by atoms with Crippen molar-refractivity contribution in [1.29, 1.82) is 0 Å². The number of rotatable bonds is 0. The third-order valence-corrected chi connectivity index (χ3v) is 6.81. The van der Waals surface area contributed by atoms with Crippen molar-refractivity contribution in [2.45, 2.75) is 71.5 Å². The number of hydrogen-bond donors (Lipinski definition) is 1. The fourth-order valence-corrected chi connectivity index (χ4v) is 5.72. The molecule has 1 saturated heterocycles. The van der Waals surface area contributed by atoms with Crippen LogP contribution in [0.4, 0.5) is 0 Å². The van der Waals surface area contributed by atoms with Crippen molar-refractivity contribution in [2.24, 2.45) is 22.7 Å². The molecule has 0 spiro atoms. The highest BCUT2D eigenvalue weighted by molar-refractivity contribution is 5.11. The zero-order valence-corrected chi connectivity index (χ0v) is 12.3. The number of hydrogen-bond acceptors (Lipinski definition) is 2. The van der Waals surface area contributed by atoms with Gasteiger partial charge in [-0.05, 0) is 61.7 Å². The largest absolute Gasteiger partial charge is 0.393 e. The molecule has 2 saturated carbocycles. The molecule has 0 amide bonds. The van der Waals surface area contributed by atoms with Crippen LogP contribution in [0.15, 0.2) is 0 Å². The Labute approximate surface area is 111 Å². The average molecular weight is 252 g/mol. The maximum Gasteiger partial charge on any atom is 0.0688 e. The van der Waals surface area contributed by atoms with Crippen LogP contribution in [-0.4, -0.2) is 23.4 Å². The Hall–Kier alpha value is -0.0800. The van der Waals surface area contributed by atoms with Gasteiger partial charge in [-0.15, -0.1) is 0 Å². The van der Waals surface area contributed by atoms with Crippen LogP contribution in [0, 0.1) is 22.7 Å². The Kier molecular flexibility index (Phi) is 2.68. The normalized spacial score (nSPS) is 54.8. The predicted octanol–water partition coefficient (Wildman–Crippen LogP) is 3.38. The minimum atomic E-state index is -0.123. The lowest BCUT2D eigenvalue weighted by Crippen LogP contribution is -2.59. The smallest absolute Gasteiger partial charge is 0.0688 e. The third kappa shape index (κ3) is 1.48. The van der Waals surface area contributed by atoms with E-state index in [1.165, 1.54) is 25.7 Å². The molecule has 104 valence electrons. The van der Waals surface area contributed by atoms with E-state index in [0.29, 0.717) is 17.3 Å². The molecule has 1 aliphatic heterocycles. The Bertz CT molecular complexity index is 351. The van der Waals surface area contributed by atoms with Gasteiger partial charge in [0.15, 0.2) is 0 Å². The second kappa shape index (κ2) is 3.73. The summed E-state index contributed by atoms with van der Waals surface area (Å²) in [6.45, 7) is 10.3. The minimum Gasteiger partial charge on any atom is -0.393 e. The van der Waals surface area contributed by atoms with Gasteiger partial charge in [-0.3, -0.25) is 0 Å². The lowest BCUT2D eigenvalue weighted by molar-refractivity contribution is -0.178. The molecular formula is C16H28O2. The SMILES string of the molecule is CC1(C)C2CC[C@]3(C)OCCC3[C@]2(C)CC[C@H]1O. The van der Waals surface area contributed by atoms with E-state index in [1.807, 2.05) is 0 Å². The van der Waals surface area contributed by atoms with Crippen LogP contribution in [0.25, 0.3) is 0 Å². The van der Waals surface area contributed by atoms with E-state index in [0.717, 1.165) is 13.0 Å². The first kappa shape index (κ1) is 12.9. The highest BCUT2D eigenvalue weighted by Crippen LogP contribution is 2.64. The van der Waals surface area contributed by atoms with Crippen molar-refractivity contribution in [3.63, 3.8) is 0 Å². The van der Waals surface area contributed by atoms with Crippen LogP contribution in [0.1, 0.15) is 59.8 Å². The summed E-state index contributed by atoms with van der Waals surface area (Å²) < 4.78 is 6.09. The van der Waals surface area contributed by atoms with Crippen LogP contribution in [0.3, 0.4) is 0 Å². The standard InChI is InChI=1S/C16H28O2/c1-14(2)11-5-9-16(4)12(7-10-18-16)15(11,3)8-6-13(14)17/h11-13,17H,5-10H2,1-4H3/t11?,12?,13-,15-,16+/m1/s1. The Morgan fingerprint density at radius 2 is 1.67 bits per heavy atom. The summed E-state index contributed by atoms with van der Waals surface area (Å²) in [5.74, 6) is 1.34. The summed E-state index contributed by atoms with van der Waals surface area (Å²) in [5.41, 5.74) is 0.548. The summed E-state index contributed by atoms with van der Waals surface area (Å²) in [7, 11) is 0. The first-order valence-corrected chi connectivity index (χ1v) is 7.63. The molecule has 3 fully saturated rings. The summed E-state index contributed by atoms with van der Waals surface area (Å²) in [5, 5.41) is 10.4. The summed E-state index contributed by atoms with van der Waals surface area (Å²) >= 11 is 0. The van der Waals surface area contributed by atoms with Crippen LogP contribution in [0.5, 0.6) is 0 Å². The molecule has 3 aliphatic rings. The summed E-state index contributed by atoms with van der Waals surface area (Å²) in [6.07, 6.45) is 5.62. The maximum atomic E-state index is 10.4. The van der Waals surface area contributed by atoms with E-state index < -0.39 is 0 Å². The van der Waals surface area contributed by atoms with Crippen LogP contribution >= 0.6 is 0 Å². The maximum absolute atomic E-state index is 10.4. The highest BCUT2D eigenvalue weighted by Gasteiger charge is 2.62. The zero-order chi connectivity index (χ0) is 13.2. The molecule has 2 aliphatic carbocycles. The van der Waals surface area contributed by atoms with Gasteiger partial charge in [0, 0.05) is 6.61 Å². The molecule has 0 radical (unpaired) electrons. The molecule has 0 aromatic carbocycles. The average Bonchev–Trinajstić information content (AvgIpc) is 2.68. The fourth-order valence-electron chi connectivity index (χ4n) is 5.72. The van der Waals surface area contributed by atoms with E-state index in [4.69, 9.17) is 4.74 Å². The second-order valence-electron chi connectivity index (χ2n) is 7.98. The highest BCUT2D eigenvalue weighted by atomic mass is 16.5. The molecule has 2 unspecified atom stereocenters. The van der Waals surface area contributed by atoms with Gasteiger partial charge in [0.25, 0.3) is 0 Å². The molecule has 18 heavy (non-hydrogen) atoms. The second-order valence-corrected chi connectivity index (χ2v) is 7.98. The van der Waals surface area contributed by atoms with Crippen LogP contribution < -0.4 is 0 Å². The zero-order valence-electron chi connectivity index (χ0n) is 12.3. The van der Waals surface area contributed by atoms with Gasteiger partial charge in [0.05, 0.1) is 11.7 Å². The Morgan fingerprint density at radius 3 is 2.39 bits per heavy atom. The van der Waals surface area contributed by atoms with Crippen molar-refractivity contribution in [2.75, 3.05) is 6.61 Å². The lowest BCUT2D eigenvalue weighted by Gasteiger charge is -2.61. The topological polar surface area (TPSA) is 29.5 Å². The Morgan fingerprint density at radius 1 is 0.944 bits per heavy atom. The van der Waals surface area contributed by atoms with Crippen molar-refractivity contribution in [3.05, 3.63) is 0 Å². The molecule has 1 N–H and O–H groups in total. The Balaban J connectivity index is 1.98. The number of fused-ring (bicyclic) bond motifs is 3. The van der Waals surface area contributed by atoms with Gasteiger partial charge >= 0.3 is 0 Å². The molecular weight excluding hydrogens is 224 g/mol. The lowest BCUT2D eigenvalue weighted by atomic mass is 9.45. The van der Waals surface area contributed by atoms with Gasteiger partial charge in [-0.2, -0.15) is 0 Å². The minimum absolute atomic E-state index is 0.0664. The molecule has 5 atom stereocenters. The third-order valence-electron chi connectivity index (χ3n) is 6.81. The van der Waals surface area contributed by atoms with Gasteiger partial charge in [-0.25, -0.2) is 0 Å². The monoisotopic (exact) mass is 252 g/mol. The van der Waals surface area contributed by atoms with Gasteiger partial charge in [0.1, 0.15) is 0 Å². The summed E-state index contributed by atoms with van der Waals surface area (Å²) in [4.78, 5) is 0. The first-order chi connectivity index (χ1) is 8.31. The first-order valence-electron chi connectivity index (χ1n) is 7.63.